The van der Waals surface area contributed by atoms with Crippen LogP contribution in [0.5, 0.6) is 5.75 Å². The van der Waals surface area contributed by atoms with Gasteiger partial charge in [-0.05, 0) is 42.0 Å². The number of carbonyl (C=O) groups excluding carboxylic acids is 1. The van der Waals surface area contributed by atoms with Crippen LogP contribution in [0.25, 0.3) is 0 Å². The Labute approximate surface area is 204 Å². The van der Waals surface area contributed by atoms with Crippen molar-refractivity contribution in [1.29, 1.82) is 0 Å². The summed E-state index contributed by atoms with van der Waals surface area (Å²) in [7, 11) is 0. The van der Waals surface area contributed by atoms with E-state index in [1.165, 1.54) is 41.7 Å². The zero-order chi connectivity index (χ0) is 24.9. The van der Waals surface area contributed by atoms with Crippen LogP contribution in [-0.2, 0) is 4.74 Å². The molecular formula is C25H23F2N3O4S. The van der Waals surface area contributed by atoms with Crippen LogP contribution in [0, 0.1) is 18.6 Å². The summed E-state index contributed by atoms with van der Waals surface area (Å²) >= 11 is 1.50. The normalized spacial score (nSPS) is 18.3. The number of ether oxygens (including phenoxy) is 1. The first-order chi connectivity index (χ1) is 16.8. The van der Waals surface area contributed by atoms with Crippen molar-refractivity contribution in [1.82, 2.24) is 9.58 Å². The SMILES string of the molecule is CSc1ccccc1[C@H](c1ccc(F)c(F)c1C)N1[C@@H]2COCCN2C(=O)c2c(O)c(=O)ccn21. The van der Waals surface area contributed by atoms with Crippen molar-refractivity contribution in [3.63, 3.8) is 0 Å². The molecule has 182 valence electrons. The Balaban J connectivity index is 1.85. The number of fused-ring (bicyclic) bond motifs is 2. The fourth-order valence-corrected chi connectivity index (χ4v) is 5.47. The number of thioether (sulfide) groups is 1. The molecule has 2 aromatic carbocycles. The van der Waals surface area contributed by atoms with Crippen molar-refractivity contribution >= 4 is 17.7 Å². The number of halogens is 2. The van der Waals surface area contributed by atoms with Crippen molar-refractivity contribution in [2.45, 2.75) is 24.0 Å². The Bertz CT molecular complexity index is 1380. The first kappa shape index (κ1) is 23.4. The number of carbonyl (C=O) groups is 1. The molecule has 2 atom stereocenters. The largest absolute Gasteiger partial charge is 0.502 e. The molecule has 0 aliphatic carbocycles. The van der Waals surface area contributed by atoms with Crippen LogP contribution in [0.15, 0.2) is 58.4 Å². The van der Waals surface area contributed by atoms with Crippen molar-refractivity contribution in [2.75, 3.05) is 31.0 Å². The van der Waals surface area contributed by atoms with E-state index in [9.17, 15) is 23.5 Å². The predicted octanol–water partition coefficient (Wildman–Crippen LogP) is 3.40. The van der Waals surface area contributed by atoms with E-state index >= 15 is 0 Å². The number of rotatable bonds is 4. The second-order valence-electron chi connectivity index (χ2n) is 8.38. The van der Waals surface area contributed by atoms with Gasteiger partial charge in [-0.3, -0.25) is 19.3 Å². The Kier molecular flexibility index (Phi) is 6.02. The second kappa shape index (κ2) is 9.01. The average molecular weight is 500 g/mol. The maximum absolute atomic E-state index is 14.8. The number of hydrogen-bond donors (Lipinski definition) is 1. The van der Waals surface area contributed by atoms with Crippen molar-refractivity contribution in [2.24, 2.45) is 0 Å². The van der Waals surface area contributed by atoms with Crippen molar-refractivity contribution < 1.29 is 23.4 Å². The smallest absolute Gasteiger partial charge is 0.278 e. The van der Waals surface area contributed by atoms with E-state index in [0.717, 1.165) is 16.5 Å². The molecule has 1 saturated heterocycles. The van der Waals surface area contributed by atoms with Crippen LogP contribution in [0.4, 0.5) is 8.78 Å². The van der Waals surface area contributed by atoms with Crippen LogP contribution in [0.2, 0.25) is 0 Å². The lowest BCUT2D eigenvalue weighted by molar-refractivity contribution is -0.0198. The van der Waals surface area contributed by atoms with Crippen LogP contribution in [0.3, 0.4) is 0 Å². The van der Waals surface area contributed by atoms with Gasteiger partial charge in [-0.15, -0.1) is 11.8 Å². The molecule has 0 unspecified atom stereocenters. The number of pyridine rings is 1. The topological polar surface area (TPSA) is 75.0 Å². The van der Waals surface area contributed by atoms with Gasteiger partial charge in [0.1, 0.15) is 6.17 Å². The van der Waals surface area contributed by atoms with Gasteiger partial charge in [0.15, 0.2) is 23.1 Å². The average Bonchev–Trinajstić information content (AvgIpc) is 2.88. The van der Waals surface area contributed by atoms with Gasteiger partial charge in [0.25, 0.3) is 5.91 Å². The van der Waals surface area contributed by atoms with Gasteiger partial charge in [-0.25, -0.2) is 8.78 Å². The number of benzene rings is 2. The molecule has 0 bridgehead atoms. The molecule has 0 saturated carbocycles. The zero-order valence-corrected chi connectivity index (χ0v) is 19.9. The monoisotopic (exact) mass is 499 g/mol. The van der Waals surface area contributed by atoms with Crippen LogP contribution >= 0.6 is 11.8 Å². The minimum atomic E-state index is -0.957. The van der Waals surface area contributed by atoms with Gasteiger partial charge in [0.05, 0.1) is 19.3 Å². The summed E-state index contributed by atoms with van der Waals surface area (Å²) < 4.78 is 36.1. The molecule has 1 fully saturated rings. The molecule has 35 heavy (non-hydrogen) atoms. The third-order valence-corrected chi connectivity index (χ3v) is 7.36. The summed E-state index contributed by atoms with van der Waals surface area (Å²) in [6.07, 6.45) is 2.71. The summed E-state index contributed by atoms with van der Waals surface area (Å²) in [5, 5.41) is 12.4. The maximum Gasteiger partial charge on any atom is 0.278 e. The summed E-state index contributed by atoms with van der Waals surface area (Å²) in [5.74, 6) is -3.07. The number of morpholine rings is 1. The van der Waals surface area contributed by atoms with Gasteiger partial charge in [-0.1, -0.05) is 24.3 Å². The number of aromatic nitrogens is 1. The lowest BCUT2D eigenvalue weighted by Gasteiger charge is -2.51. The Morgan fingerprint density at radius 3 is 2.66 bits per heavy atom. The van der Waals surface area contributed by atoms with E-state index in [1.807, 2.05) is 30.5 Å². The summed E-state index contributed by atoms with van der Waals surface area (Å²) in [5.41, 5.74) is 0.536. The Hall–Kier alpha value is -3.37. The molecule has 1 aromatic heterocycles. The van der Waals surface area contributed by atoms with Crippen LogP contribution in [-0.4, -0.2) is 52.8 Å². The molecule has 0 radical (unpaired) electrons. The predicted molar refractivity (Wildman–Crippen MR) is 127 cm³/mol. The maximum atomic E-state index is 14.8. The highest BCUT2D eigenvalue weighted by atomic mass is 32.2. The summed E-state index contributed by atoms with van der Waals surface area (Å²) in [6.45, 7) is 2.20. The third kappa shape index (κ3) is 3.68. The number of nitrogens with zero attached hydrogens (tertiary/aromatic N) is 3. The molecule has 0 spiro atoms. The van der Waals surface area contributed by atoms with E-state index in [4.69, 9.17) is 4.74 Å². The van der Waals surface area contributed by atoms with Gasteiger partial charge in [0.2, 0.25) is 5.43 Å². The van der Waals surface area contributed by atoms with E-state index in [1.54, 1.807) is 9.91 Å². The lowest BCUT2D eigenvalue weighted by Crippen LogP contribution is -2.66. The molecule has 2 aliphatic heterocycles. The Morgan fingerprint density at radius 2 is 1.89 bits per heavy atom. The highest BCUT2D eigenvalue weighted by molar-refractivity contribution is 7.98. The van der Waals surface area contributed by atoms with Crippen molar-refractivity contribution in [3.8, 4) is 5.75 Å². The van der Waals surface area contributed by atoms with E-state index in [2.05, 4.69) is 0 Å². The molecule has 1 N–H and O–H groups in total. The molecular weight excluding hydrogens is 476 g/mol. The standard InChI is InChI=1S/C25H23F2N3O4S/c1-14-15(7-8-17(26)21(14)27)22(16-5-3-4-6-19(16)35-2)30-20-13-34-12-11-28(20)25(33)23-24(32)18(31)9-10-29(23)30/h3-10,20,22,32H,11-13H2,1-2H3/t20-,22+/m1/s1. The molecule has 5 rings (SSSR count). The van der Waals surface area contributed by atoms with E-state index in [-0.39, 0.29) is 24.4 Å². The van der Waals surface area contributed by atoms with Crippen molar-refractivity contribution in [3.05, 3.63) is 92.9 Å². The lowest BCUT2D eigenvalue weighted by atomic mass is 9.93. The Morgan fingerprint density at radius 1 is 1.11 bits per heavy atom. The van der Waals surface area contributed by atoms with Gasteiger partial charge < -0.3 is 14.7 Å². The van der Waals surface area contributed by atoms with Gasteiger partial charge >= 0.3 is 0 Å². The van der Waals surface area contributed by atoms with Gasteiger partial charge in [0, 0.05) is 23.7 Å². The fourth-order valence-electron chi connectivity index (χ4n) is 4.84. The molecule has 3 aromatic rings. The minimum absolute atomic E-state index is 0.123. The van der Waals surface area contributed by atoms with Crippen LogP contribution < -0.4 is 10.4 Å². The first-order valence-electron chi connectivity index (χ1n) is 11.0. The van der Waals surface area contributed by atoms with E-state index in [0.29, 0.717) is 12.2 Å². The highest BCUT2D eigenvalue weighted by Gasteiger charge is 2.45. The van der Waals surface area contributed by atoms with E-state index < -0.39 is 40.9 Å². The molecule has 1 amide bonds. The summed E-state index contributed by atoms with van der Waals surface area (Å²) in [4.78, 5) is 28.1. The molecule has 10 heteroatoms. The van der Waals surface area contributed by atoms with Crippen LogP contribution in [0.1, 0.15) is 33.2 Å². The fraction of sp³-hybridized carbons (Fsp3) is 0.280. The molecule has 2 aliphatic rings. The first-order valence-corrected chi connectivity index (χ1v) is 12.3. The zero-order valence-electron chi connectivity index (χ0n) is 19.1. The molecule has 3 heterocycles. The second-order valence-corrected chi connectivity index (χ2v) is 9.22. The highest BCUT2D eigenvalue weighted by Crippen LogP contribution is 2.40. The quantitative estimate of drug-likeness (QED) is 0.555. The van der Waals surface area contributed by atoms with Gasteiger partial charge in [-0.2, -0.15) is 0 Å². The molecule has 7 nitrogen and oxygen atoms in total. The number of amides is 1. The number of aromatic hydroxyl groups is 1. The third-order valence-electron chi connectivity index (χ3n) is 6.55. The minimum Gasteiger partial charge on any atom is -0.502 e. The number of hydrogen-bond acceptors (Lipinski definition) is 6. The summed E-state index contributed by atoms with van der Waals surface area (Å²) in [6, 6.07) is 10.6.